The number of hydrogen-bond donors (Lipinski definition) is 0. The molecule has 30 heavy (non-hydrogen) atoms. The number of esters is 1. The summed E-state index contributed by atoms with van der Waals surface area (Å²) in [6.07, 6.45) is 6.97. The third-order valence-corrected chi connectivity index (χ3v) is 7.44. The maximum absolute atomic E-state index is 12.9. The SMILES string of the molecule is CCCCn1nnnc1COC(=O)c1ccc(S(=O)(=O)N(C)C2CCCCC2)cc1. The summed E-state index contributed by atoms with van der Waals surface area (Å²) in [4.78, 5) is 12.5. The summed E-state index contributed by atoms with van der Waals surface area (Å²) in [7, 11) is -1.96. The molecule has 0 N–H and O–H groups in total. The van der Waals surface area contributed by atoms with E-state index < -0.39 is 16.0 Å². The monoisotopic (exact) mass is 435 g/mol. The minimum absolute atomic E-state index is 0.0343. The molecule has 3 rings (SSSR count). The molecule has 2 aromatic rings. The largest absolute Gasteiger partial charge is 0.454 e. The summed E-state index contributed by atoms with van der Waals surface area (Å²) in [5, 5.41) is 11.4. The summed E-state index contributed by atoms with van der Waals surface area (Å²) in [5.74, 6) is -0.0743. The van der Waals surface area contributed by atoms with Gasteiger partial charge in [-0.3, -0.25) is 0 Å². The van der Waals surface area contributed by atoms with Crippen LogP contribution >= 0.6 is 0 Å². The first-order valence-corrected chi connectivity index (χ1v) is 11.9. The molecule has 10 heteroatoms. The highest BCUT2D eigenvalue weighted by atomic mass is 32.2. The standard InChI is InChI=1S/C20H29N5O4S/c1-3-4-14-25-19(21-22-23-25)15-29-20(26)16-10-12-18(13-11-16)30(27,28)24(2)17-8-6-5-7-9-17/h10-13,17H,3-9,14-15H2,1-2H3. The predicted octanol–water partition coefficient (Wildman–Crippen LogP) is 2.78. The number of aryl methyl sites for hydroxylation is 1. The van der Waals surface area contributed by atoms with Gasteiger partial charge in [0.15, 0.2) is 12.4 Å². The van der Waals surface area contributed by atoms with E-state index in [9.17, 15) is 13.2 Å². The zero-order chi connectivity index (χ0) is 21.6. The van der Waals surface area contributed by atoms with E-state index in [2.05, 4.69) is 22.4 Å². The lowest BCUT2D eigenvalue weighted by molar-refractivity contribution is 0.0456. The van der Waals surface area contributed by atoms with E-state index in [0.29, 0.717) is 12.4 Å². The van der Waals surface area contributed by atoms with Crippen LogP contribution < -0.4 is 0 Å². The Kier molecular flexibility index (Phi) is 7.54. The first-order valence-electron chi connectivity index (χ1n) is 10.4. The van der Waals surface area contributed by atoms with Gasteiger partial charge in [0, 0.05) is 19.6 Å². The molecular weight excluding hydrogens is 406 g/mol. The molecule has 164 valence electrons. The number of aromatic nitrogens is 4. The first kappa shape index (κ1) is 22.4. The molecule has 0 amide bonds. The van der Waals surface area contributed by atoms with Crippen molar-refractivity contribution in [3.05, 3.63) is 35.7 Å². The Bertz CT molecular complexity index is 936. The number of unbranched alkanes of at least 4 members (excludes halogenated alkanes) is 1. The van der Waals surface area contributed by atoms with Crippen LogP contribution in [0.4, 0.5) is 0 Å². The van der Waals surface area contributed by atoms with E-state index in [0.717, 1.165) is 44.9 Å². The van der Waals surface area contributed by atoms with Gasteiger partial charge in [0.2, 0.25) is 10.0 Å². The number of benzene rings is 1. The average Bonchev–Trinajstić information content (AvgIpc) is 3.23. The molecule has 0 unspecified atom stereocenters. The van der Waals surface area contributed by atoms with Gasteiger partial charge in [0.1, 0.15) is 0 Å². The lowest BCUT2D eigenvalue weighted by atomic mass is 9.96. The lowest BCUT2D eigenvalue weighted by Crippen LogP contribution is -2.38. The quantitative estimate of drug-likeness (QED) is 0.557. The first-order chi connectivity index (χ1) is 14.4. The predicted molar refractivity (Wildman–Crippen MR) is 110 cm³/mol. The number of ether oxygens (including phenoxy) is 1. The summed E-state index contributed by atoms with van der Waals surface area (Å²) in [5.41, 5.74) is 0.279. The highest BCUT2D eigenvalue weighted by molar-refractivity contribution is 7.89. The molecule has 1 aromatic carbocycles. The summed E-state index contributed by atoms with van der Waals surface area (Å²) in [6.45, 7) is 2.69. The van der Waals surface area contributed by atoms with Crippen molar-refractivity contribution >= 4 is 16.0 Å². The number of sulfonamides is 1. The Morgan fingerprint density at radius 1 is 1.20 bits per heavy atom. The Labute approximate surface area is 177 Å². The highest BCUT2D eigenvalue weighted by Crippen LogP contribution is 2.26. The third-order valence-electron chi connectivity index (χ3n) is 5.52. The molecule has 1 aromatic heterocycles. The van der Waals surface area contributed by atoms with Gasteiger partial charge in [-0.05, 0) is 54.0 Å². The molecule has 0 atom stereocenters. The van der Waals surface area contributed by atoms with Gasteiger partial charge in [-0.1, -0.05) is 32.6 Å². The highest BCUT2D eigenvalue weighted by Gasteiger charge is 2.29. The lowest BCUT2D eigenvalue weighted by Gasteiger charge is -2.30. The molecule has 1 aliphatic carbocycles. The van der Waals surface area contributed by atoms with E-state index >= 15 is 0 Å². The molecule has 1 fully saturated rings. The molecule has 0 radical (unpaired) electrons. The summed E-state index contributed by atoms with van der Waals surface area (Å²) >= 11 is 0. The summed E-state index contributed by atoms with van der Waals surface area (Å²) < 4.78 is 34.2. The maximum atomic E-state index is 12.9. The molecule has 1 heterocycles. The molecule has 1 aliphatic rings. The molecule has 0 spiro atoms. The van der Waals surface area contributed by atoms with Gasteiger partial charge in [0.25, 0.3) is 0 Å². The van der Waals surface area contributed by atoms with Gasteiger partial charge in [-0.25, -0.2) is 17.9 Å². The molecular formula is C20H29N5O4S. The number of tetrazole rings is 1. The topological polar surface area (TPSA) is 107 Å². The van der Waals surface area contributed by atoms with Crippen LogP contribution in [0.5, 0.6) is 0 Å². The van der Waals surface area contributed by atoms with Crippen LogP contribution in [-0.4, -0.2) is 52.0 Å². The van der Waals surface area contributed by atoms with Crippen molar-refractivity contribution in [2.24, 2.45) is 0 Å². The fourth-order valence-corrected chi connectivity index (χ4v) is 5.01. The second kappa shape index (κ2) is 10.1. The van der Waals surface area contributed by atoms with E-state index in [1.54, 1.807) is 11.7 Å². The number of hydrogen-bond acceptors (Lipinski definition) is 7. The molecule has 1 saturated carbocycles. The Morgan fingerprint density at radius 2 is 1.90 bits per heavy atom. The van der Waals surface area contributed by atoms with Gasteiger partial charge in [0.05, 0.1) is 10.5 Å². The second-order valence-corrected chi connectivity index (χ2v) is 9.58. The van der Waals surface area contributed by atoms with Crippen LogP contribution in [0.15, 0.2) is 29.2 Å². The molecule has 0 aliphatic heterocycles. The van der Waals surface area contributed by atoms with Gasteiger partial charge in [-0.2, -0.15) is 4.31 Å². The van der Waals surface area contributed by atoms with Crippen LogP contribution in [0, 0.1) is 0 Å². The smallest absolute Gasteiger partial charge is 0.338 e. The van der Waals surface area contributed by atoms with E-state index in [-0.39, 0.29) is 23.1 Å². The maximum Gasteiger partial charge on any atom is 0.338 e. The van der Waals surface area contributed by atoms with Crippen molar-refractivity contribution in [1.29, 1.82) is 0 Å². The number of nitrogens with zero attached hydrogens (tertiary/aromatic N) is 5. The van der Waals surface area contributed by atoms with Crippen LogP contribution in [0.1, 0.15) is 68.1 Å². The fourth-order valence-electron chi connectivity index (χ4n) is 3.59. The van der Waals surface area contributed by atoms with E-state index in [1.807, 2.05) is 0 Å². The van der Waals surface area contributed by atoms with Crippen molar-refractivity contribution in [2.75, 3.05) is 7.05 Å². The zero-order valence-corrected chi connectivity index (χ0v) is 18.3. The van der Waals surface area contributed by atoms with Crippen LogP contribution in [0.3, 0.4) is 0 Å². The molecule has 0 saturated heterocycles. The van der Waals surface area contributed by atoms with Crippen LogP contribution in [-0.2, 0) is 27.9 Å². The zero-order valence-electron chi connectivity index (χ0n) is 17.5. The van der Waals surface area contributed by atoms with E-state index in [4.69, 9.17) is 4.74 Å². The molecule has 0 bridgehead atoms. The fraction of sp³-hybridized carbons (Fsp3) is 0.600. The van der Waals surface area contributed by atoms with Crippen LogP contribution in [0.25, 0.3) is 0 Å². The third kappa shape index (κ3) is 5.23. The van der Waals surface area contributed by atoms with E-state index in [1.165, 1.54) is 28.6 Å². The van der Waals surface area contributed by atoms with Crippen molar-refractivity contribution in [3.8, 4) is 0 Å². The average molecular weight is 436 g/mol. The number of carbonyl (C=O) groups is 1. The van der Waals surface area contributed by atoms with Crippen molar-refractivity contribution in [1.82, 2.24) is 24.5 Å². The normalized spacial score (nSPS) is 15.4. The van der Waals surface area contributed by atoms with Crippen molar-refractivity contribution in [3.63, 3.8) is 0 Å². The Balaban J connectivity index is 1.62. The number of carbonyl (C=O) groups excluding carboxylic acids is 1. The van der Waals surface area contributed by atoms with Crippen molar-refractivity contribution < 1.29 is 17.9 Å². The molecule has 9 nitrogen and oxygen atoms in total. The number of rotatable bonds is 9. The van der Waals surface area contributed by atoms with Crippen LogP contribution in [0.2, 0.25) is 0 Å². The Hall–Kier alpha value is -2.33. The van der Waals surface area contributed by atoms with Gasteiger partial charge in [-0.15, -0.1) is 5.10 Å². The Morgan fingerprint density at radius 3 is 2.57 bits per heavy atom. The minimum Gasteiger partial charge on any atom is -0.454 e. The summed E-state index contributed by atoms with van der Waals surface area (Å²) in [6, 6.07) is 5.90. The second-order valence-electron chi connectivity index (χ2n) is 7.59. The van der Waals surface area contributed by atoms with Gasteiger partial charge < -0.3 is 4.74 Å². The minimum atomic E-state index is -3.59. The van der Waals surface area contributed by atoms with Gasteiger partial charge >= 0.3 is 5.97 Å². The van der Waals surface area contributed by atoms with Crippen molar-refractivity contribution in [2.45, 2.75) is 76.0 Å².